The minimum absolute atomic E-state index is 0.143. The molecule has 4 rings (SSSR count). The normalized spacial score (nSPS) is 13.9. The first kappa shape index (κ1) is 18.8. The number of ether oxygens (including phenoxy) is 1. The van der Waals surface area contributed by atoms with Crippen LogP contribution in [-0.2, 0) is 4.74 Å². The van der Waals surface area contributed by atoms with Crippen molar-refractivity contribution in [3.05, 3.63) is 63.4 Å². The standard InChI is InChI=1S/C20H18ClN3O3S/c1-13-3-2-4-15(11-13)24-18(25)16-6-5-14(21)12-17(16)22-19(24)28-10-8-23-7-9-27-20(23)26/h2-6,11-12H,7-10H2,1H3. The van der Waals surface area contributed by atoms with Crippen LogP contribution in [0.4, 0.5) is 4.79 Å². The fourth-order valence-corrected chi connectivity index (χ4v) is 4.25. The van der Waals surface area contributed by atoms with Gasteiger partial charge >= 0.3 is 6.09 Å². The quantitative estimate of drug-likeness (QED) is 0.467. The number of rotatable bonds is 5. The first-order valence-electron chi connectivity index (χ1n) is 8.87. The smallest absolute Gasteiger partial charge is 0.409 e. The lowest BCUT2D eigenvalue weighted by molar-refractivity contribution is 0.160. The Bertz CT molecular complexity index is 1120. The topological polar surface area (TPSA) is 64.4 Å². The molecule has 1 fully saturated rings. The molecule has 8 heteroatoms. The number of hydrogen-bond donors (Lipinski definition) is 0. The van der Waals surface area contributed by atoms with Gasteiger partial charge in [-0.05, 0) is 42.8 Å². The predicted molar refractivity (Wildman–Crippen MR) is 111 cm³/mol. The average molecular weight is 416 g/mol. The monoisotopic (exact) mass is 415 g/mol. The van der Waals surface area contributed by atoms with E-state index in [1.807, 2.05) is 31.2 Å². The number of cyclic esters (lactones) is 1. The van der Waals surface area contributed by atoms with E-state index in [9.17, 15) is 9.59 Å². The van der Waals surface area contributed by atoms with Crippen LogP contribution in [0.3, 0.4) is 0 Å². The van der Waals surface area contributed by atoms with E-state index in [0.717, 1.165) is 11.3 Å². The van der Waals surface area contributed by atoms with Gasteiger partial charge in [-0.3, -0.25) is 9.36 Å². The van der Waals surface area contributed by atoms with Crippen molar-refractivity contribution in [2.24, 2.45) is 0 Å². The third-order valence-corrected chi connectivity index (χ3v) is 5.65. The molecular weight excluding hydrogens is 398 g/mol. The maximum atomic E-state index is 13.2. The molecule has 6 nitrogen and oxygen atoms in total. The van der Waals surface area contributed by atoms with Gasteiger partial charge in [0.05, 0.1) is 23.1 Å². The Morgan fingerprint density at radius 3 is 2.82 bits per heavy atom. The van der Waals surface area contributed by atoms with Gasteiger partial charge in [-0.2, -0.15) is 0 Å². The Labute approximate surface area is 171 Å². The first-order chi connectivity index (χ1) is 13.5. The van der Waals surface area contributed by atoms with E-state index in [0.29, 0.717) is 46.5 Å². The number of carbonyl (C=O) groups is 1. The van der Waals surface area contributed by atoms with Crippen molar-refractivity contribution < 1.29 is 9.53 Å². The fraction of sp³-hybridized carbons (Fsp3) is 0.250. The van der Waals surface area contributed by atoms with Gasteiger partial charge in [-0.25, -0.2) is 9.78 Å². The summed E-state index contributed by atoms with van der Waals surface area (Å²) in [6.07, 6.45) is -0.296. The summed E-state index contributed by atoms with van der Waals surface area (Å²) in [5, 5.41) is 1.61. The molecule has 144 valence electrons. The average Bonchev–Trinajstić information content (AvgIpc) is 3.06. The van der Waals surface area contributed by atoms with E-state index in [1.165, 1.54) is 11.8 Å². The molecular formula is C20H18ClN3O3S. The minimum atomic E-state index is -0.296. The second-order valence-electron chi connectivity index (χ2n) is 6.49. The summed E-state index contributed by atoms with van der Waals surface area (Å²) in [7, 11) is 0. The minimum Gasteiger partial charge on any atom is -0.448 e. The summed E-state index contributed by atoms with van der Waals surface area (Å²) in [6, 6.07) is 12.8. The van der Waals surface area contributed by atoms with Crippen molar-refractivity contribution in [2.75, 3.05) is 25.4 Å². The van der Waals surface area contributed by atoms with Crippen LogP contribution in [0.1, 0.15) is 5.56 Å². The number of thioether (sulfide) groups is 1. The zero-order chi connectivity index (χ0) is 19.7. The lowest BCUT2D eigenvalue weighted by Crippen LogP contribution is -2.27. The molecule has 0 radical (unpaired) electrons. The number of amides is 1. The van der Waals surface area contributed by atoms with Gasteiger partial charge in [-0.15, -0.1) is 0 Å². The lowest BCUT2D eigenvalue weighted by Gasteiger charge is -2.15. The van der Waals surface area contributed by atoms with Crippen molar-refractivity contribution >= 4 is 40.4 Å². The number of carbonyl (C=O) groups excluding carboxylic acids is 1. The Balaban J connectivity index is 1.74. The summed E-state index contributed by atoms with van der Waals surface area (Å²) in [6.45, 7) is 3.52. The molecule has 0 aliphatic carbocycles. The van der Waals surface area contributed by atoms with Crippen molar-refractivity contribution in [2.45, 2.75) is 12.1 Å². The van der Waals surface area contributed by atoms with Crippen molar-refractivity contribution in [1.82, 2.24) is 14.5 Å². The Morgan fingerprint density at radius 2 is 2.07 bits per heavy atom. The zero-order valence-electron chi connectivity index (χ0n) is 15.2. The zero-order valence-corrected chi connectivity index (χ0v) is 16.8. The molecule has 28 heavy (non-hydrogen) atoms. The van der Waals surface area contributed by atoms with Crippen molar-refractivity contribution in [3.63, 3.8) is 0 Å². The largest absolute Gasteiger partial charge is 0.448 e. The molecule has 2 heterocycles. The van der Waals surface area contributed by atoms with E-state index in [4.69, 9.17) is 21.3 Å². The van der Waals surface area contributed by atoms with Crippen LogP contribution in [0.5, 0.6) is 0 Å². The molecule has 0 saturated carbocycles. The lowest BCUT2D eigenvalue weighted by atomic mass is 10.2. The number of benzene rings is 2. The number of aryl methyl sites for hydroxylation is 1. The molecule has 0 N–H and O–H groups in total. The molecule has 1 aromatic heterocycles. The number of nitrogens with zero attached hydrogens (tertiary/aromatic N) is 3. The highest BCUT2D eigenvalue weighted by atomic mass is 35.5. The Morgan fingerprint density at radius 1 is 1.21 bits per heavy atom. The van der Waals surface area contributed by atoms with E-state index < -0.39 is 0 Å². The highest BCUT2D eigenvalue weighted by molar-refractivity contribution is 7.99. The fourth-order valence-electron chi connectivity index (χ4n) is 3.11. The van der Waals surface area contributed by atoms with Crippen LogP contribution in [0.15, 0.2) is 52.4 Å². The summed E-state index contributed by atoms with van der Waals surface area (Å²) in [5.74, 6) is 0.597. The highest BCUT2D eigenvalue weighted by Gasteiger charge is 2.22. The van der Waals surface area contributed by atoms with Crippen LogP contribution < -0.4 is 5.56 Å². The van der Waals surface area contributed by atoms with Gasteiger partial charge in [-0.1, -0.05) is 35.5 Å². The van der Waals surface area contributed by atoms with Gasteiger partial charge in [0.15, 0.2) is 5.16 Å². The molecule has 0 bridgehead atoms. The van der Waals surface area contributed by atoms with Crippen LogP contribution in [0.25, 0.3) is 16.6 Å². The first-order valence-corrected chi connectivity index (χ1v) is 10.2. The third kappa shape index (κ3) is 3.72. The number of hydrogen-bond acceptors (Lipinski definition) is 5. The summed E-state index contributed by atoms with van der Waals surface area (Å²) in [4.78, 5) is 31.2. The maximum absolute atomic E-state index is 13.2. The van der Waals surface area contributed by atoms with Gasteiger partial charge in [0.2, 0.25) is 0 Å². The molecule has 1 aliphatic rings. The Hall–Kier alpha value is -2.51. The molecule has 2 aromatic carbocycles. The van der Waals surface area contributed by atoms with E-state index >= 15 is 0 Å². The number of aromatic nitrogens is 2. The molecule has 0 atom stereocenters. The van der Waals surface area contributed by atoms with Crippen LogP contribution in [0, 0.1) is 6.92 Å². The SMILES string of the molecule is Cc1cccc(-n2c(SCCN3CCOC3=O)nc3cc(Cl)ccc3c2=O)c1. The Kier molecular flexibility index (Phi) is 5.28. The van der Waals surface area contributed by atoms with Crippen LogP contribution in [-0.4, -0.2) is 46.0 Å². The molecule has 1 amide bonds. The van der Waals surface area contributed by atoms with Crippen molar-refractivity contribution in [3.8, 4) is 5.69 Å². The summed E-state index contributed by atoms with van der Waals surface area (Å²) < 4.78 is 6.58. The number of fused-ring (bicyclic) bond motifs is 1. The van der Waals surface area contributed by atoms with Crippen LogP contribution >= 0.6 is 23.4 Å². The van der Waals surface area contributed by atoms with Crippen LogP contribution in [0.2, 0.25) is 5.02 Å². The summed E-state index contributed by atoms with van der Waals surface area (Å²) >= 11 is 7.52. The van der Waals surface area contributed by atoms with Gasteiger partial charge < -0.3 is 9.64 Å². The van der Waals surface area contributed by atoms with Gasteiger partial charge in [0, 0.05) is 17.3 Å². The second-order valence-corrected chi connectivity index (χ2v) is 7.98. The molecule has 0 spiro atoms. The predicted octanol–water partition coefficient (Wildman–Crippen LogP) is 3.89. The van der Waals surface area contributed by atoms with E-state index in [1.54, 1.807) is 27.7 Å². The van der Waals surface area contributed by atoms with Gasteiger partial charge in [0.1, 0.15) is 6.61 Å². The van der Waals surface area contributed by atoms with Crippen molar-refractivity contribution in [1.29, 1.82) is 0 Å². The van der Waals surface area contributed by atoms with E-state index in [-0.39, 0.29) is 11.7 Å². The molecule has 1 saturated heterocycles. The second kappa shape index (κ2) is 7.85. The highest BCUT2D eigenvalue weighted by Crippen LogP contribution is 2.24. The molecule has 0 unspecified atom stereocenters. The number of halogens is 1. The third-order valence-electron chi connectivity index (χ3n) is 4.50. The molecule has 3 aromatic rings. The molecule has 1 aliphatic heterocycles. The maximum Gasteiger partial charge on any atom is 0.409 e. The van der Waals surface area contributed by atoms with Gasteiger partial charge in [0.25, 0.3) is 5.56 Å². The summed E-state index contributed by atoms with van der Waals surface area (Å²) in [5.41, 5.74) is 2.23. The van der Waals surface area contributed by atoms with E-state index in [2.05, 4.69) is 0 Å².